The van der Waals surface area contributed by atoms with Gasteiger partial charge in [-0.2, -0.15) is 0 Å². The Kier molecular flexibility index (Phi) is 3.88. The highest BCUT2D eigenvalue weighted by Gasteiger charge is 2.09. The molecule has 2 aromatic rings. The lowest BCUT2D eigenvalue weighted by atomic mass is 10.3. The van der Waals surface area contributed by atoms with Gasteiger partial charge in [-0.3, -0.25) is 0 Å². The Bertz CT molecular complexity index is 493. The molecule has 2 rings (SSSR count). The lowest BCUT2D eigenvalue weighted by molar-refractivity contribution is 0.0526. The Hall–Kier alpha value is -1.68. The largest absolute Gasteiger partial charge is 0.462 e. The summed E-state index contributed by atoms with van der Waals surface area (Å²) in [7, 11) is 0. The highest BCUT2D eigenvalue weighted by Crippen LogP contribution is 2.26. The zero-order valence-electron chi connectivity index (χ0n) is 9.47. The van der Waals surface area contributed by atoms with Gasteiger partial charge in [0.05, 0.1) is 17.2 Å². The molecule has 88 valence electrons. The molecule has 1 N–H and O–H groups in total. The number of aromatic amines is 1. The fraction of sp³-hybridized carbons (Fsp3) is 0.154. The third-order valence-electron chi connectivity index (χ3n) is 2.14. The van der Waals surface area contributed by atoms with Crippen LogP contribution in [0.25, 0.3) is 0 Å². The smallest absolute Gasteiger partial charge is 0.339 e. The van der Waals surface area contributed by atoms with E-state index >= 15 is 0 Å². The number of hydrogen-bond donors (Lipinski definition) is 1. The average Bonchev–Trinajstić information content (AvgIpc) is 2.79. The lowest BCUT2D eigenvalue weighted by Crippen LogP contribution is -2.02. The van der Waals surface area contributed by atoms with Gasteiger partial charge in [0, 0.05) is 11.1 Å². The van der Waals surface area contributed by atoms with E-state index in [-0.39, 0.29) is 5.97 Å². The third-order valence-corrected chi connectivity index (χ3v) is 3.10. The van der Waals surface area contributed by atoms with Crippen LogP contribution in [-0.2, 0) is 4.74 Å². The second-order valence-corrected chi connectivity index (χ2v) is 4.50. The van der Waals surface area contributed by atoms with Gasteiger partial charge >= 0.3 is 5.97 Å². The molecule has 0 aliphatic rings. The van der Waals surface area contributed by atoms with Gasteiger partial charge in [-0.1, -0.05) is 30.0 Å². The van der Waals surface area contributed by atoms with E-state index in [2.05, 4.69) is 4.98 Å². The topological polar surface area (TPSA) is 42.1 Å². The normalized spacial score (nSPS) is 10.2. The van der Waals surface area contributed by atoms with Crippen molar-refractivity contribution >= 4 is 17.7 Å². The van der Waals surface area contributed by atoms with E-state index < -0.39 is 0 Å². The van der Waals surface area contributed by atoms with Crippen LogP contribution in [0.15, 0.2) is 52.5 Å². The standard InChI is InChI=1S/C13H13NO2S/c1-2-16-13(15)10-8-12(14-9-10)17-11-6-4-3-5-7-11/h3-9,14H,2H2,1H3. The first-order valence-corrected chi connectivity index (χ1v) is 6.19. The SMILES string of the molecule is CCOC(=O)c1c[nH]c(Sc2ccccc2)c1. The number of esters is 1. The third kappa shape index (κ3) is 3.14. The molecular formula is C13H13NO2S. The second kappa shape index (κ2) is 5.59. The van der Waals surface area contributed by atoms with E-state index in [1.54, 1.807) is 30.9 Å². The molecule has 0 aliphatic heterocycles. The predicted octanol–water partition coefficient (Wildman–Crippen LogP) is 3.34. The summed E-state index contributed by atoms with van der Waals surface area (Å²) >= 11 is 1.58. The molecule has 0 unspecified atom stereocenters. The maximum absolute atomic E-state index is 11.5. The molecule has 0 saturated heterocycles. The highest BCUT2D eigenvalue weighted by molar-refractivity contribution is 7.99. The van der Waals surface area contributed by atoms with Crippen molar-refractivity contribution in [3.05, 3.63) is 48.2 Å². The first-order chi connectivity index (χ1) is 8.29. The molecule has 17 heavy (non-hydrogen) atoms. The number of carbonyl (C=O) groups is 1. The molecular weight excluding hydrogens is 234 g/mol. The summed E-state index contributed by atoms with van der Waals surface area (Å²) in [6, 6.07) is 11.8. The molecule has 0 amide bonds. The minimum atomic E-state index is -0.288. The molecule has 0 bridgehead atoms. The molecule has 4 heteroatoms. The Morgan fingerprint density at radius 1 is 1.35 bits per heavy atom. The molecule has 0 spiro atoms. The predicted molar refractivity (Wildman–Crippen MR) is 67.3 cm³/mol. The van der Waals surface area contributed by atoms with Gasteiger partial charge in [-0.15, -0.1) is 0 Å². The van der Waals surface area contributed by atoms with Crippen molar-refractivity contribution in [2.45, 2.75) is 16.8 Å². The van der Waals surface area contributed by atoms with Crippen molar-refractivity contribution < 1.29 is 9.53 Å². The molecule has 0 saturated carbocycles. The number of rotatable bonds is 4. The van der Waals surface area contributed by atoms with Crippen LogP contribution >= 0.6 is 11.8 Å². The summed E-state index contributed by atoms with van der Waals surface area (Å²) in [5.41, 5.74) is 0.560. The van der Waals surface area contributed by atoms with Crippen molar-refractivity contribution in [3.8, 4) is 0 Å². The molecule has 1 aromatic carbocycles. The summed E-state index contributed by atoms with van der Waals surface area (Å²) < 4.78 is 4.92. The second-order valence-electron chi connectivity index (χ2n) is 3.39. The maximum atomic E-state index is 11.5. The van der Waals surface area contributed by atoms with E-state index in [1.165, 1.54) is 0 Å². The van der Waals surface area contributed by atoms with Crippen molar-refractivity contribution in [1.82, 2.24) is 4.98 Å². The number of carbonyl (C=O) groups excluding carboxylic acids is 1. The molecule has 0 fully saturated rings. The first kappa shape index (κ1) is 11.8. The summed E-state index contributed by atoms with van der Waals surface area (Å²) in [5, 5.41) is 0.930. The molecule has 0 aliphatic carbocycles. The van der Waals surface area contributed by atoms with Crippen LogP contribution in [0, 0.1) is 0 Å². The van der Waals surface area contributed by atoms with Crippen molar-refractivity contribution in [1.29, 1.82) is 0 Å². The number of nitrogens with one attached hydrogen (secondary N) is 1. The van der Waals surface area contributed by atoms with Gasteiger partial charge in [-0.25, -0.2) is 4.79 Å². The van der Waals surface area contributed by atoms with Crippen molar-refractivity contribution in [2.24, 2.45) is 0 Å². The molecule has 3 nitrogen and oxygen atoms in total. The average molecular weight is 247 g/mol. The van der Waals surface area contributed by atoms with Crippen molar-refractivity contribution in [2.75, 3.05) is 6.61 Å². The lowest BCUT2D eigenvalue weighted by Gasteiger charge is -1.97. The van der Waals surface area contributed by atoms with Crippen LogP contribution in [0.4, 0.5) is 0 Å². The quantitative estimate of drug-likeness (QED) is 0.842. The number of hydrogen-bond acceptors (Lipinski definition) is 3. The number of H-pyrrole nitrogens is 1. The Balaban J connectivity index is 2.06. The Morgan fingerprint density at radius 2 is 2.12 bits per heavy atom. The summed E-state index contributed by atoms with van der Waals surface area (Å²) in [6.45, 7) is 2.19. The maximum Gasteiger partial charge on any atom is 0.339 e. The van der Waals surface area contributed by atoms with Crippen molar-refractivity contribution in [3.63, 3.8) is 0 Å². The van der Waals surface area contributed by atoms with Crippen LogP contribution in [-0.4, -0.2) is 17.6 Å². The molecule has 0 atom stereocenters. The van der Waals surface area contributed by atoms with Gasteiger partial charge in [0.25, 0.3) is 0 Å². The summed E-state index contributed by atoms with van der Waals surface area (Å²) in [5.74, 6) is -0.288. The van der Waals surface area contributed by atoms with Gasteiger partial charge in [-0.05, 0) is 25.1 Å². The molecule has 0 radical (unpaired) electrons. The van der Waals surface area contributed by atoms with Crippen LogP contribution in [0.1, 0.15) is 17.3 Å². The van der Waals surface area contributed by atoms with Crippen LogP contribution in [0.2, 0.25) is 0 Å². The minimum absolute atomic E-state index is 0.288. The van der Waals surface area contributed by atoms with Gasteiger partial charge in [0.15, 0.2) is 0 Å². The fourth-order valence-corrected chi connectivity index (χ4v) is 2.23. The van der Waals surface area contributed by atoms with Crippen LogP contribution in [0.5, 0.6) is 0 Å². The summed E-state index contributed by atoms with van der Waals surface area (Å²) in [6.07, 6.45) is 1.67. The van der Waals surface area contributed by atoms with E-state index in [0.717, 1.165) is 9.92 Å². The van der Waals surface area contributed by atoms with Crippen LogP contribution in [0.3, 0.4) is 0 Å². The van der Waals surface area contributed by atoms with Gasteiger partial charge in [0.1, 0.15) is 0 Å². The zero-order chi connectivity index (χ0) is 12.1. The van der Waals surface area contributed by atoms with Crippen LogP contribution < -0.4 is 0 Å². The van der Waals surface area contributed by atoms with E-state index in [1.807, 2.05) is 30.3 Å². The van der Waals surface area contributed by atoms with E-state index in [4.69, 9.17) is 4.74 Å². The number of ether oxygens (including phenoxy) is 1. The fourth-order valence-electron chi connectivity index (χ4n) is 1.38. The van der Waals surface area contributed by atoms with E-state index in [9.17, 15) is 4.79 Å². The molecule has 1 heterocycles. The minimum Gasteiger partial charge on any atom is -0.462 e. The van der Waals surface area contributed by atoms with Gasteiger partial charge < -0.3 is 9.72 Å². The Labute approximate surface area is 104 Å². The Morgan fingerprint density at radius 3 is 2.82 bits per heavy atom. The summed E-state index contributed by atoms with van der Waals surface area (Å²) in [4.78, 5) is 15.6. The van der Waals surface area contributed by atoms with E-state index in [0.29, 0.717) is 12.2 Å². The first-order valence-electron chi connectivity index (χ1n) is 5.38. The monoisotopic (exact) mass is 247 g/mol. The number of benzene rings is 1. The number of aromatic nitrogens is 1. The highest BCUT2D eigenvalue weighted by atomic mass is 32.2. The zero-order valence-corrected chi connectivity index (χ0v) is 10.3. The van der Waals surface area contributed by atoms with Gasteiger partial charge in [0.2, 0.25) is 0 Å². The molecule has 1 aromatic heterocycles.